The molecule has 0 fully saturated rings. The van der Waals surface area contributed by atoms with Gasteiger partial charge < -0.3 is 28.2 Å². The van der Waals surface area contributed by atoms with E-state index < -0.39 is 77.1 Å². The van der Waals surface area contributed by atoms with Crippen molar-refractivity contribution in [3.05, 3.63) is 416 Å². The van der Waals surface area contributed by atoms with Crippen molar-refractivity contribution in [2.45, 2.75) is 151 Å². The normalized spacial score (nSPS) is 12.9. The molecule has 12 aromatic carbocycles. The van der Waals surface area contributed by atoms with Gasteiger partial charge in [0.2, 0.25) is 0 Å². The van der Waals surface area contributed by atoms with Crippen LogP contribution in [0.25, 0.3) is 167 Å². The zero-order chi connectivity index (χ0) is 106. The van der Waals surface area contributed by atoms with E-state index in [4.69, 9.17) is 27.0 Å². The second-order valence-corrected chi connectivity index (χ2v) is 70.3. The van der Waals surface area contributed by atoms with Crippen LogP contribution < -0.4 is 13.2 Å². The second-order valence-electron chi connectivity index (χ2n) is 38.5. The van der Waals surface area contributed by atoms with Crippen LogP contribution >= 0.6 is 0 Å². The summed E-state index contributed by atoms with van der Waals surface area (Å²) in [5.41, 5.74) is 27.1. The van der Waals surface area contributed by atoms with Gasteiger partial charge in [0.05, 0.1) is 16.7 Å². The number of aromatic nitrogens is 6. The maximum Gasteiger partial charge on any atom is 0.121 e. The summed E-state index contributed by atoms with van der Waals surface area (Å²) in [5, 5.41) is 6.04. The van der Waals surface area contributed by atoms with Gasteiger partial charge in [0.25, 0.3) is 0 Å². The molecule has 0 aliphatic rings. The summed E-state index contributed by atoms with van der Waals surface area (Å²) in [6, 6.07) is 118. The molecule has 15 heteroatoms. The third-order valence-electron chi connectivity index (χ3n) is 24.3. The average molecular weight is 2570 g/mol. The molecule has 21 aromatic rings. The fraction of sp³-hybridized carbons (Fsp3) is 0.190. The minimum Gasteiger partial charge on any atom is -0.500 e. The fourth-order valence-electron chi connectivity index (χ4n) is 16.9. The molecular weight excluding hydrogens is 2440 g/mol. The van der Waals surface area contributed by atoms with Crippen molar-refractivity contribution in [3.8, 4) is 101 Å². The minimum atomic E-state index is -2.18. The molecular formula is C126H120Ge3Ir3N6O3-6. The van der Waals surface area contributed by atoms with Crippen LogP contribution in [0.4, 0.5) is 0 Å². The molecule has 9 nitrogen and oxygen atoms in total. The molecule has 141 heavy (non-hydrogen) atoms. The molecule has 0 spiro atoms. The Balaban J connectivity index is 0.000000152. The quantitative estimate of drug-likeness (QED) is 0.0688. The Morgan fingerprint density at radius 3 is 1.01 bits per heavy atom. The Morgan fingerprint density at radius 2 is 0.638 bits per heavy atom. The van der Waals surface area contributed by atoms with Gasteiger partial charge in [0, 0.05) is 105 Å². The predicted octanol–water partition coefficient (Wildman–Crippen LogP) is 33.0. The summed E-state index contributed by atoms with van der Waals surface area (Å²) in [6.45, 7) is 13.1. The number of pyridine rings is 6. The summed E-state index contributed by atoms with van der Waals surface area (Å²) in [4.78, 5) is 27.1. The molecule has 0 atom stereocenters. The standard InChI is InChI=1S/C26H20NO.C25H18NO.C24H16NO.3C17H22GeN.3Ir/c1-17(2)19-12-13-27-24(15-19)21-9-11-25-23(14-21)22-10-8-20(16-26(22)28-25)18-6-4-3-5-7-18;1-16-6-5-7-17(2)25(16)19-9-11-20-21-14-18(22-8-3-4-13-26-22)10-12-23(21)27-24(20)15-19;1-16-11-12-25-22(13-16)19-8-10-23-21(14-19)20-9-7-18(15-24(20)26-23)17-5-3-2-4-6-17;3*1-13(2)15-11-17(14-9-7-6-8-10-14)19-12-16(15)18(3,4)5;;;/h3-8,10-17H,1-2H3;3-9,11-15H,1-2H3;2-7,9-15H,1H3;3*6-9,11-13H,1-5H3;;;/q6*-1;;;/i17D;2*1D3;3*13D;;;. The third-order valence-corrected chi connectivity index (χ3v) is 37.0. The summed E-state index contributed by atoms with van der Waals surface area (Å²) in [7, 11) is 0. The van der Waals surface area contributed by atoms with Crippen molar-refractivity contribution in [1.82, 2.24) is 29.9 Å². The van der Waals surface area contributed by atoms with Gasteiger partial charge in [0.15, 0.2) is 0 Å². The number of rotatable bonds is 16. The van der Waals surface area contributed by atoms with Gasteiger partial charge in [-0.05, 0) is 125 Å². The summed E-state index contributed by atoms with van der Waals surface area (Å²) in [5.74, 6) is 18.7. The van der Waals surface area contributed by atoms with Gasteiger partial charge in [-0.2, -0.15) is 0 Å². The van der Waals surface area contributed by atoms with Gasteiger partial charge in [-0.1, -0.05) is 181 Å². The molecule has 0 amide bonds. The first-order chi connectivity index (χ1) is 70.0. The van der Waals surface area contributed by atoms with Crippen LogP contribution in [-0.4, -0.2) is 69.7 Å². The SMILES string of the molecule is [2H]C(C)(C)c1cc(-c2[c-]cccc2)nc[c]1[Ge]([CH3])([CH3])[CH3].[2H]C(C)(C)c1cc(-c2[c-]cccc2)nc[c]1[Ge]([CH3])([CH3])[CH3].[2H]C(C)(C)c1cc(-c2[c-]cccc2)nc[c]1[Ge]([CH3])([CH3])[CH3].[2H]C(C)(C)c1ccnc(-c2[c-]cc3oc4cc(-c5ccccc5)ccc4c3c2)c1.[2H]C([2H])([2H])c1cccc(C)c1-c1ccc2c(c1)oc1c[c-]c(-c3ccccn3)cc12.[2H]C([2H])([2H])c1ccnc(-c2[c-]cc3oc4cc(-c5ccccc5)ccc4c3c2)c1.[Ir].[Ir].[Ir]. The van der Waals surface area contributed by atoms with E-state index in [-0.39, 0.29) is 65.9 Å². The molecule has 0 saturated heterocycles. The minimum absolute atomic E-state index is 0. The van der Waals surface area contributed by atoms with E-state index in [1.54, 1.807) is 36.7 Å². The van der Waals surface area contributed by atoms with Gasteiger partial charge in [0.1, 0.15) is 16.7 Å². The van der Waals surface area contributed by atoms with E-state index in [0.29, 0.717) is 16.8 Å². The van der Waals surface area contributed by atoms with Crippen molar-refractivity contribution >= 4 is 119 Å². The first-order valence-electron chi connectivity index (χ1n) is 51.6. The van der Waals surface area contributed by atoms with Crippen LogP contribution in [0.5, 0.6) is 0 Å². The van der Waals surface area contributed by atoms with Crippen LogP contribution in [0.3, 0.4) is 0 Å². The maximum absolute atomic E-state index is 8.44. The van der Waals surface area contributed by atoms with Gasteiger partial charge in [-0.15, -0.1) is 71.3 Å². The molecule has 9 heterocycles. The third kappa shape index (κ3) is 26.0. The molecule has 717 valence electrons. The Labute approximate surface area is 896 Å². The van der Waals surface area contributed by atoms with Crippen LogP contribution in [0, 0.1) is 57.0 Å². The van der Waals surface area contributed by atoms with Gasteiger partial charge >= 0.3 is 361 Å². The molecule has 0 saturated carbocycles. The smallest absolute Gasteiger partial charge is 0.121 e. The van der Waals surface area contributed by atoms with Gasteiger partial charge in [-0.25, -0.2) is 0 Å². The number of benzene rings is 12. The Morgan fingerprint density at radius 1 is 0.277 bits per heavy atom. The Bertz CT molecular complexity index is 7830. The summed E-state index contributed by atoms with van der Waals surface area (Å²) < 4.78 is 102. The van der Waals surface area contributed by atoms with E-state index in [1.807, 2.05) is 275 Å². The zero-order valence-electron chi connectivity index (χ0n) is 92.7. The van der Waals surface area contributed by atoms with E-state index in [2.05, 4.69) is 197 Å². The van der Waals surface area contributed by atoms with Gasteiger partial charge in [-0.3, -0.25) is 0 Å². The summed E-state index contributed by atoms with van der Waals surface area (Å²) in [6.07, 6.45) is 11.1. The van der Waals surface area contributed by atoms with E-state index in [1.165, 1.54) is 31.0 Å². The second kappa shape index (κ2) is 47.6. The zero-order valence-corrected chi connectivity index (χ0v) is 96.2. The first kappa shape index (κ1) is 93.2. The van der Waals surface area contributed by atoms with Crippen LogP contribution in [0.15, 0.2) is 354 Å². The van der Waals surface area contributed by atoms with Crippen LogP contribution in [-0.2, 0) is 60.3 Å². The number of nitrogens with zero attached hydrogens (tertiary/aromatic N) is 6. The fourth-order valence-corrected chi connectivity index (χ4v) is 26.9. The molecule has 3 radical (unpaired) electrons. The largest absolute Gasteiger partial charge is 0.500 e. The Kier molecular flexibility index (Phi) is 31.5. The maximum atomic E-state index is 8.44. The number of furan rings is 3. The molecule has 0 N–H and O–H groups in total. The molecule has 0 unspecified atom stereocenters. The molecule has 21 rings (SSSR count). The number of hydrogen-bond donors (Lipinski definition) is 0. The van der Waals surface area contributed by atoms with E-state index in [0.717, 1.165) is 178 Å². The van der Waals surface area contributed by atoms with Crippen LogP contribution in [0.1, 0.15) is 132 Å². The van der Waals surface area contributed by atoms with Crippen molar-refractivity contribution in [1.29, 1.82) is 0 Å². The average Bonchev–Trinajstić information content (AvgIpc) is 1.73. The first-order valence-corrected chi connectivity index (χ1v) is 68.7. The number of aryl methyl sites for hydroxylation is 3. The van der Waals surface area contributed by atoms with E-state index >= 15 is 0 Å². The Hall–Kier alpha value is -11.5. The predicted molar refractivity (Wildman–Crippen MR) is 589 cm³/mol. The number of hydrogen-bond acceptors (Lipinski definition) is 9. The topological polar surface area (TPSA) is 117 Å². The summed E-state index contributed by atoms with van der Waals surface area (Å²) >= 11 is -6.08. The van der Waals surface area contributed by atoms with Crippen molar-refractivity contribution in [3.63, 3.8) is 0 Å². The molecule has 0 bridgehead atoms. The molecule has 0 aliphatic carbocycles. The van der Waals surface area contributed by atoms with Crippen molar-refractivity contribution in [2.75, 3.05) is 0 Å². The monoisotopic (exact) mass is 2580 g/mol. The number of fused-ring (bicyclic) bond motifs is 9. The molecule has 0 aliphatic heterocycles. The van der Waals surface area contributed by atoms with E-state index in [9.17, 15) is 0 Å². The molecule has 9 aromatic heterocycles. The van der Waals surface area contributed by atoms with Crippen molar-refractivity contribution < 1.29 is 87.3 Å². The van der Waals surface area contributed by atoms with Crippen molar-refractivity contribution in [2.24, 2.45) is 0 Å². The van der Waals surface area contributed by atoms with Crippen LogP contribution in [0.2, 0.25) is 51.8 Å².